The highest BCUT2D eigenvalue weighted by molar-refractivity contribution is 6.01. The summed E-state index contributed by atoms with van der Waals surface area (Å²) in [4.78, 5) is 24.2. The first-order valence-corrected chi connectivity index (χ1v) is 10.3. The van der Waals surface area contributed by atoms with Gasteiger partial charge in [0.05, 0.1) is 0 Å². The topological polar surface area (TPSA) is 88.4 Å². The van der Waals surface area contributed by atoms with E-state index in [9.17, 15) is 14.9 Å². The molecule has 2 aromatic rings. The summed E-state index contributed by atoms with van der Waals surface area (Å²) in [6.45, 7) is 8.27. The summed E-state index contributed by atoms with van der Waals surface area (Å²) in [6.07, 6.45) is 3.32. The minimum absolute atomic E-state index is 0.0260. The van der Waals surface area contributed by atoms with Crippen LogP contribution in [0.5, 0.6) is 11.5 Å². The number of unbranched alkanes of at least 4 members (excludes halogenated alkanes) is 1. The monoisotopic (exact) mass is 420 g/mol. The molecule has 162 valence electrons. The van der Waals surface area contributed by atoms with Gasteiger partial charge in [-0.25, -0.2) is 4.79 Å². The Labute approximate surface area is 183 Å². The minimum atomic E-state index is -0.519. The van der Waals surface area contributed by atoms with E-state index < -0.39 is 11.9 Å². The van der Waals surface area contributed by atoms with Gasteiger partial charge >= 0.3 is 5.97 Å². The molecule has 1 amide bonds. The van der Waals surface area contributed by atoms with Crippen molar-refractivity contribution in [1.82, 2.24) is 5.32 Å². The number of rotatable bonds is 9. The van der Waals surface area contributed by atoms with Crippen molar-refractivity contribution in [3.63, 3.8) is 0 Å². The molecule has 0 radical (unpaired) electrons. The second-order valence-electron chi connectivity index (χ2n) is 7.32. The lowest BCUT2D eigenvalue weighted by Gasteiger charge is -2.12. The lowest BCUT2D eigenvalue weighted by Crippen LogP contribution is -2.25. The molecule has 0 aromatic heterocycles. The lowest BCUT2D eigenvalue weighted by atomic mass is 10.1. The third-order valence-corrected chi connectivity index (χ3v) is 4.71. The van der Waals surface area contributed by atoms with Crippen LogP contribution in [0.25, 0.3) is 6.08 Å². The van der Waals surface area contributed by atoms with Gasteiger partial charge < -0.3 is 14.8 Å². The van der Waals surface area contributed by atoms with Crippen LogP contribution in [0.1, 0.15) is 42.0 Å². The summed E-state index contributed by atoms with van der Waals surface area (Å²) in [5, 5.41) is 11.9. The van der Waals surface area contributed by atoms with E-state index in [1.807, 2.05) is 39.8 Å². The van der Waals surface area contributed by atoms with Crippen molar-refractivity contribution >= 4 is 18.0 Å². The van der Waals surface area contributed by atoms with E-state index in [2.05, 4.69) is 11.4 Å². The molecular weight excluding hydrogens is 392 g/mol. The molecule has 1 N–H and O–H groups in total. The minimum Gasteiger partial charge on any atom is -0.482 e. The Kier molecular flexibility index (Phi) is 8.83. The first-order chi connectivity index (χ1) is 14.8. The maximum Gasteiger partial charge on any atom is 0.349 e. The number of aryl methyl sites for hydroxylation is 2. The average molecular weight is 421 g/mol. The molecular formula is C25H28N2O4. The van der Waals surface area contributed by atoms with Gasteiger partial charge in [0.1, 0.15) is 23.1 Å². The van der Waals surface area contributed by atoms with Crippen molar-refractivity contribution in [3.8, 4) is 17.6 Å². The number of esters is 1. The van der Waals surface area contributed by atoms with Crippen molar-refractivity contribution in [2.75, 3.05) is 13.2 Å². The number of hydrogen-bond acceptors (Lipinski definition) is 5. The number of amides is 1. The highest BCUT2D eigenvalue weighted by Crippen LogP contribution is 2.23. The van der Waals surface area contributed by atoms with Crippen LogP contribution in [0.4, 0.5) is 0 Å². The summed E-state index contributed by atoms with van der Waals surface area (Å²) in [6, 6.07) is 12.4. The Morgan fingerprint density at radius 3 is 2.48 bits per heavy atom. The number of nitrogens with one attached hydrogen (secondary N) is 1. The van der Waals surface area contributed by atoms with Crippen LogP contribution in [0.15, 0.2) is 42.0 Å². The van der Waals surface area contributed by atoms with E-state index in [1.54, 1.807) is 24.3 Å². The molecule has 0 saturated carbocycles. The summed E-state index contributed by atoms with van der Waals surface area (Å²) < 4.78 is 10.9. The van der Waals surface area contributed by atoms with Gasteiger partial charge in [-0.15, -0.1) is 0 Å². The molecule has 6 nitrogen and oxygen atoms in total. The van der Waals surface area contributed by atoms with Crippen molar-refractivity contribution in [2.24, 2.45) is 0 Å². The van der Waals surface area contributed by atoms with Gasteiger partial charge in [-0.1, -0.05) is 31.5 Å². The number of nitriles is 1. The Morgan fingerprint density at radius 1 is 1.13 bits per heavy atom. The molecule has 6 heteroatoms. The van der Waals surface area contributed by atoms with Crippen LogP contribution in [0.2, 0.25) is 0 Å². The van der Waals surface area contributed by atoms with E-state index in [1.165, 1.54) is 6.08 Å². The van der Waals surface area contributed by atoms with Crippen LogP contribution < -0.4 is 14.8 Å². The molecule has 0 unspecified atom stereocenters. The zero-order valence-electron chi connectivity index (χ0n) is 18.5. The van der Waals surface area contributed by atoms with Crippen LogP contribution in [0, 0.1) is 32.1 Å². The number of benzene rings is 2. The van der Waals surface area contributed by atoms with Crippen LogP contribution >= 0.6 is 0 Å². The van der Waals surface area contributed by atoms with E-state index in [0.717, 1.165) is 29.5 Å². The molecule has 0 fully saturated rings. The maximum absolute atomic E-state index is 12.1. The van der Waals surface area contributed by atoms with Gasteiger partial charge in [0.25, 0.3) is 5.91 Å². The van der Waals surface area contributed by atoms with Crippen molar-refractivity contribution in [2.45, 2.75) is 40.5 Å². The summed E-state index contributed by atoms with van der Waals surface area (Å²) in [7, 11) is 0. The van der Waals surface area contributed by atoms with E-state index in [4.69, 9.17) is 9.47 Å². The van der Waals surface area contributed by atoms with Gasteiger partial charge in [-0.2, -0.15) is 5.26 Å². The van der Waals surface area contributed by atoms with E-state index in [0.29, 0.717) is 23.6 Å². The number of carbonyl (C=O) groups is 2. The zero-order chi connectivity index (χ0) is 22.8. The molecule has 2 aromatic carbocycles. The Bertz CT molecular complexity index is 1000. The predicted octanol–water partition coefficient (Wildman–Crippen LogP) is 4.42. The second kappa shape index (κ2) is 11.6. The van der Waals surface area contributed by atoms with Gasteiger partial charge in [-0.05, 0) is 73.7 Å². The fourth-order valence-electron chi connectivity index (χ4n) is 2.87. The van der Waals surface area contributed by atoms with Gasteiger partial charge in [-0.3, -0.25) is 4.79 Å². The normalized spacial score (nSPS) is 10.9. The maximum atomic E-state index is 12.1. The molecule has 0 heterocycles. The fraction of sp³-hybridized carbons (Fsp3) is 0.320. The van der Waals surface area contributed by atoms with Crippen molar-refractivity contribution < 1.29 is 19.1 Å². The van der Waals surface area contributed by atoms with Gasteiger partial charge in [0.2, 0.25) is 0 Å². The lowest BCUT2D eigenvalue weighted by molar-refractivity contribution is -0.136. The molecule has 0 saturated heterocycles. The highest BCUT2D eigenvalue weighted by atomic mass is 16.6. The number of carbonyl (C=O) groups excluding carboxylic acids is 2. The molecule has 0 spiro atoms. The quantitative estimate of drug-likeness (QED) is 0.213. The first-order valence-electron chi connectivity index (χ1n) is 10.3. The first kappa shape index (κ1) is 23.7. The van der Waals surface area contributed by atoms with E-state index in [-0.39, 0.29) is 12.2 Å². The van der Waals surface area contributed by atoms with Crippen LogP contribution in [-0.4, -0.2) is 25.0 Å². The number of nitrogens with zero attached hydrogens (tertiary/aromatic N) is 1. The molecule has 0 aliphatic carbocycles. The van der Waals surface area contributed by atoms with Gasteiger partial charge in [0.15, 0.2) is 6.61 Å². The molecule has 0 aliphatic heterocycles. The Balaban J connectivity index is 1.95. The van der Waals surface area contributed by atoms with E-state index >= 15 is 0 Å². The predicted molar refractivity (Wildman–Crippen MR) is 120 cm³/mol. The van der Waals surface area contributed by atoms with Gasteiger partial charge in [0, 0.05) is 6.54 Å². The van der Waals surface area contributed by atoms with Crippen LogP contribution in [0.3, 0.4) is 0 Å². The summed E-state index contributed by atoms with van der Waals surface area (Å²) in [5.74, 6) is 0.102. The molecule has 0 aliphatic rings. The van der Waals surface area contributed by atoms with Crippen LogP contribution in [-0.2, 0) is 9.59 Å². The SMILES string of the molecule is CCCCNC(=O)/C(C#N)=C/c1ccc(OC(=O)COc2cc(C)cc(C)c2C)cc1. The Hall–Kier alpha value is -3.59. The molecule has 0 bridgehead atoms. The smallest absolute Gasteiger partial charge is 0.349 e. The standard InChI is InChI=1S/C25H28N2O4/c1-5-6-11-27-25(29)21(15-26)14-20-7-9-22(10-8-20)31-24(28)16-30-23-13-17(2)12-18(3)19(23)4/h7-10,12-14H,5-6,11,16H2,1-4H3,(H,27,29)/b21-14+. The highest BCUT2D eigenvalue weighted by Gasteiger charge is 2.11. The summed E-state index contributed by atoms with van der Waals surface area (Å²) >= 11 is 0. The third kappa shape index (κ3) is 7.31. The molecule has 31 heavy (non-hydrogen) atoms. The van der Waals surface area contributed by atoms with Crippen molar-refractivity contribution in [1.29, 1.82) is 5.26 Å². The average Bonchev–Trinajstić information content (AvgIpc) is 2.74. The third-order valence-electron chi connectivity index (χ3n) is 4.71. The second-order valence-corrected chi connectivity index (χ2v) is 7.32. The largest absolute Gasteiger partial charge is 0.482 e. The number of hydrogen-bond donors (Lipinski definition) is 1. The number of ether oxygens (including phenoxy) is 2. The summed E-state index contributed by atoms with van der Waals surface area (Å²) in [5.41, 5.74) is 3.83. The zero-order valence-corrected chi connectivity index (χ0v) is 18.5. The Morgan fingerprint density at radius 2 is 1.84 bits per heavy atom. The molecule has 2 rings (SSSR count). The molecule has 0 atom stereocenters. The van der Waals surface area contributed by atoms with Crippen molar-refractivity contribution in [3.05, 3.63) is 64.2 Å². The fourth-order valence-corrected chi connectivity index (χ4v) is 2.87.